The molecule has 76 valence electrons. The fourth-order valence-corrected chi connectivity index (χ4v) is 1.28. The van der Waals surface area contributed by atoms with E-state index in [0.29, 0.717) is 0 Å². The van der Waals surface area contributed by atoms with Crippen LogP contribution >= 0.6 is 0 Å². The van der Waals surface area contributed by atoms with Gasteiger partial charge in [-0.25, -0.2) is 0 Å². The van der Waals surface area contributed by atoms with Crippen molar-refractivity contribution in [2.45, 2.75) is 6.92 Å². The molecule has 0 unspecified atom stereocenters. The van der Waals surface area contributed by atoms with Gasteiger partial charge in [0, 0.05) is 17.3 Å². The smallest absolute Gasteiger partial charge is 0.373 e. The summed E-state index contributed by atoms with van der Waals surface area (Å²) in [5.41, 5.74) is 8.73. The Kier molecular flexibility index (Phi) is 3.55. The summed E-state index contributed by atoms with van der Waals surface area (Å²) in [6.07, 6.45) is 1.98. The second-order valence-electron chi connectivity index (χ2n) is 3.00. The molecule has 0 bridgehead atoms. The topological polar surface area (TPSA) is 73.0 Å². The van der Waals surface area contributed by atoms with Gasteiger partial charge in [0.15, 0.2) is 0 Å². The van der Waals surface area contributed by atoms with Crippen molar-refractivity contribution >= 4 is 22.7 Å². The van der Waals surface area contributed by atoms with Gasteiger partial charge in [0.25, 0.3) is 0 Å². The number of nitrogens with two attached hydrogens (primary N) is 1. The summed E-state index contributed by atoms with van der Waals surface area (Å²) in [5.74, 6) is 0. The van der Waals surface area contributed by atoms with E-state index < -0.39 is 0 Å². The van der Waals surface area contributed by atoms with E-state index in [-0.39, 0.29) is 6.15 Å². The minimum Gasteiger partial charge on any atom is -0.398 e. The predicted molar refractivity (Wildman–Crippen MR) is 55.9 cm³/mol. The molecular formula is C11H10N2O2. The van der Waals surface area contributed by atoms with Crippen molar-refractivity contribution in [3.63, 3.8) is 0 Å². The van der Waals surface area contributed by atoms with Gasteiger partial charge in [-0.05, 0) is 24.6 Å². The molecule has 4 nitrogen and oxygen atoms in total. The van der Waals surface area contributed by atoms with Crippen LogP contribution in [0.25, 0.3) is 10.9 Å². The minimum atomic E-state index is 0.250. The van der Waals surface area contributed by atoms with Gasteiger partial charge in [-0.15, -0.1) is 0 Å². The summed E-state index contributed by atoms with van der Waals surface area (Å²) in [5, 5.41) is 1.03. The Bertz CT molecular complexity index is 503. The first kappa shape index (κ1) is 10.9. The molecule has 2 aromatic rings. The van der Waals surface area contributed by atoms with Crippen LogP contribution in [0.15, 0.2) is 30.5 Å². The Hall–Kier alpha value is -2.19. The van der Waals surface area contributed by atoms with Gasteiger partial charge < -0.3 is 5.73 Å². The van der Waals surface area contributed by atoms with Crippen LogP contribution in [-0.4, -0.2) is 11.1 Å². The maximum atomic E-state index is 8.12. The van der Waals surface area contributed by atoms with Gasteiger partial charge in [-0.2, -0.15) is 9.59 Å². The predicted octanol–water partition coefficient (Wildman–Crippen LogP) is 1.54. The second-order valence-corrected chi connectivity index (χ2v) is 3.00. The van der Waals surface area contributed by atoms with E-state index in [1.54, 1.807) is 6.20 Å². The number of aromatic nitrogens is 1. The number of benzene rings is 1. The Morgan fingerprint density at radius 3 is 2.60 bits per heavy atom. The highest BCUT2D eigenvalue weighted by Crippen LogP contribution is 2.18. The normalized spacial score (nSPS) is 8.87. The van der Waals surface area contributed by atoms with Crippen molar-refractivity contribution in [1.82, 2.24) is 4.98 Å². The molecule has 0 amide bonds. The van der Waals surface area contributed by atoms with Crippen LogP contribution in [0, 0.1) is 6.92 Å². The molecule has 1 heterocycles. The van der Waals surface area contributed by atoms with Crippen molar-refractivity contribution in [1.29, 1.82) is 0 Å². The molecule has 0 spiro atoms. The molecule has 0 saturated heterocycles. The lowest BCUT2D eigenvalue weighted by molar-refractivity contribution is -0.191. The van der Waals surface area contributed by atoms with Crippen LogP contribution in [0.4, 0.5) is 5.69 Å². The number of aryl methyl sites for hydroxylation is 1. The first-order valence-electron chi connectivity index (χ1n) is 4.29. The number of fused-ring (bicyclic) bond motifs is 1. The lowest BCUT2D eigenvalue weighted by Crippen LogP contribution is -1.88. The van der Waals surface area contributed by atoms with E-state index in [9.17, 15) is 0 Å². The molecule has 0 aliphatic rings. The average Bonchev–Trinajstić information content (AvgIpc) is 2.19. The second kappa shape index (κ2) is 4.88. The summed E-state index contributed by atoms with van der Waals surface area (Å²) in [7, 11) is 0. The first-order valence-corrected chi connectivity index (χ1v) is 4.29. The molecule has 0 radical (unpaired) electrons. The lowest BCUT2D eigenvalue weighted by atomic mass is 10.1. The third kappa shape index (κ3) is 2.62. The van der Waals surface area contributed by atoms with Crippen molar-refractivity contribution in [3.8, 4) is 0 Å². The molecule has 0 fully saturated rings. The van der Waals surface area contributed by atoms with E-state index in [1.165, 1.54) is 5.56 Å². The Morgan fingerprint density at radius 1 is 1.27 bits per heavy atom. The molecule has 2 N–H and O–H groups in total. The van der Waals surface area contributed by atoms with Crippen LogP contribution in [0.2, 0.25) is 0 Å². The average molecular weight is 202 g/mol. The van der Waals surface area contributed by atoms with Gasteiger partial charge >= 0.3 is 6.15 Å². The number of nitrogens with zero attached hydrogens (tertiary/aromatic N) is 1. The minimum absolute atomic E-state index is 0.250. The SMILES string of the molecule is Cc1ccc2c(N)ccnc2c1.O=C=O. The number of carbonyl (C=O) groups excluding carboxylic acids is 2. The third-order valence-electron chi connectivity index (χ3n) is 1.93. The third-order valence-corrected chi connectivity index (χ3v) is 1.93. The van der Waals surface area contributed by atoms with Gasteiger partial charge in [0.2, 0.25) is 0 Å². The van der Waals surface area contributed by atoms with Gasteiger partial charge in [0.1, 0.15) is 0 Å². The molecule has 0 aliphatic carbocycles. The number of hydrogen-bond acceptors (Lipinski definition) is 4. The zero-order valence-corrected chi connectivity index (χ0v) is 8.23. The van der Waals surface area contributed by atoms with E-state index in [2.05, 4.69) is 4.98 Å². The van der Waals surface area contributed by atoms with Crippen molar-refractivity contribution in [2.75, 3.05) is 5.73 Å². The number of pyridine rings is 1. The number of anilines is 1. The van der Waals surface area contributed by atoms with Gasteiger partial charge in [-0.3, -0.25) is 4.98 Å². The standard InChI is InChI=1S/C10H10N2.CO2/c1-7-2-3-8-9(11)4-5-12-10(8)6-7;2-1-3/h2-6H,1H3,(H2,11,12);. The van der Waals surface area contributed by atoms with Crippen molar-refractivity contribution in [2.24, 2.45) is 0 Å². The lowest BCUT2D eigenvalue weighted by Gasteiger charge is -2.00. The van der Waals surface area contributed by atoms with Crippen LogP contribution in [0.1, 0.15) is 5.56 Å². The zero-order chi connectivity index (χ0) is 11.3. The van der Waals surface area contributed by atoms with E-state index in [1.807, 2.05) is 31.2 Å². The maximum Gasteiger partial charge on any atom is 0.373 e. The van der Waals surface area contributed by atoms with Crippen molar-refractivity contribution in [3.05, 3.63) is 36.0 Å². The van der Waals surface area contributed by atoms with Crippen LogP contribution < -0.4 is 5.73 Å². The van der Waals surface area contributed by atoms with E-state index in [0.717, 1.165) is 16.6 Å². The quantitative estimate of drug-likeness (QED) is 0.703. The van der Waals surface area contributed by atoms with Gasteiger partial charge in [0.05, 0.1) is 5.52 Å². The number of rotatable bonds is 0. The first-order chi connectivity index (χ1) is 7.19. The number of nitrogen functional groups attached to an aromatic ring is 1. The fraction of sp³-hybridized carbons (Fsp3) is 0.0909. The highest BCUT2D eigenvalue weighted by Gasteiger charge is 1.96. The molecule has 2 rings (SSSR count). The maximum absolute atomic E-state index is 8.12. The summed E-state index contributed by atoms with van der Waals surface area (Å²) in [6, 6.07) is 7.90. The number of hydrogen-bond donors (Lipinski definition) is 1. The zero-order valence-electron chi connectivity index (χ0n) is 8.23. The molecular weight excluding hydrogens is 192 g/mol. The highest BCUT2D eigenvalue weighted by atomic mass is 16.2. The summed E-state index contributed by atoms with van der Waals surface area (Å²) in [6.45, 7) is 2.05. The Balaban J connectivity index is 0.000000337. The molecule has 0 aliphatic heterocycles. The Labute approximate surface area is 86.7 Å². The molecule has 1 aromatic carbocycles. The summed E-state index contributed by atoms with van der Waals surface area (Å²) >= 11 is 0. The molecule has 15 heavy (non-hydrogen) atoms. The molecule has 0 atom stereocenters. The summed E-state index contributed by atoms with van der Waals surface area (Å²) in [4.78, 5) is 20.5. The van der Waals surface area contributed by atoms with Crippen molar-refractivity contribution < 1.29 is 9.59 Å². The van der Waals surface area contributed by atoms with E-state index >= 15 is 0 Å². The van der Waals surface area contributed by atoms with Gasteiger partial charge in [-0.1, -0.05) is 12.1 Å². The summed E-state index contributed by atoms with van der Waals surface area (Å²) < 4.78 is 0. The van der Waals surface area contributed by atoms with Crippen LogP contribution in [-0.2, 0) is 9.59 Å². The molecule has 0 saturated carbocycles. The molecule has 4 heteroatoms. The van der Waals surface area contributed by atoms with Crippen LogP contribution in [0.3, 0.4) is 0 Å². The molecule has 1 aromatic heterocycles. The highest BCUT2D eigenvalue weighted by molar-refractivity contribution is 5.89. The van der Waals surface area contributed by atoms with E-state index in [4.69, 9.17) is 15.3 Å². The largest absolute Gasteiger partial charge is 0.398 e. The monoisotopic (exact) mass is 202 g/mol. The Morgan fingerprint density at radius 2 is 1.93 bits per heavy atom. The fourth-order valence-electron chi connectivity index (χ4n) is 1.28. The van der Waals surface area contributed by atoms with Crippen LogP contribution in [0.5, 0.6) is 0 Å².